The summed E-state index contributed by atoms with van der Waals surface area (Å²) in [7, 11) is 0. The van der Waals surface area contributed by atoms with Crippen LogP contribution in [0.3, 0.4) is 0 Å². The van der Waals surface area contributed by atoms with Crippen molar-refractivity contribution in [3.05, 3.63) is 29.8 Å². The van der Waals surface area contributed by atoms with Crippen LogP contribution in [0.2, 0.25) is 0 Å². The third-order valence-corrected chi connectivity index (χ3v) is 4.15. The van der Waals surface area contributed by atoms with Crippen molar-refractivity contribution < 1.29 is 9.53 Å². The molecule has 1 aromatic rings. The van der Waals surface area contributed by atoms with E-state index in [1.807, 2.05) is 24.3 Å². The third-order valence-electron chi connectivity index (χ3n) is 4.15. The number of carbonyl (C=O) groups is 1. The highest BCUT2D eigenvalue weighted by atomic mass is 16.5. The number of fused-ring (bicyclic) bond motifs is 2. The molecule has 4 heteroatoms. The number of ether oxygens (including phenoxy) is 1. The van der Waals surface area contributed by atoms with Gasteiger partial charge in [-0.25, -0.2) is 0 Å². The summed E-state index contributed by atoms with van der Waals surface area (Å²) >= 11 is 0. The summed E-state index contributed by atoms with van der Waals surface area (Å²) in [5, 5.41) is 6.41. The van der Waals surface area contributed by atoms with Crippen molar-refractivity contribution in [1.82, 2.24) is 5.32 Å². The van der Waals surface area contributed by atoms with Crippen LogP contribution in [-0.2, 0) is 4.74 Å². The van der Waals surface area contributed by atoms with Gasteiger partial charge in [0.15, 0.2) is 0 Å². The number of anilines is 1. The highest BCUT2D eigenvalue weighted by Crippen LogP contribution is 2.34. The second-order valence-electron chi connectivity index (χ2n) is 5.69. The molecule has 0 radical (unpaired) electrons. The molecule has 2 N–H and O–H groups in total. The Bertz CT molecular complexity index is 472. The van der Waals surface area contributed by atoms with Gasteiger partial charge in [0.1, 0.15) is 0 Å². The van der Waals surface area contributed by atoms with Gasteiger partial charge in [0.2, 0.25) is 0 Å². The van der Waals surface area contributed by atoms with Crippen LogP contribution in [0.1, 0.15) is 43.0 Å². The summed E-state index contributed by atoms with van der Waals surface area (Å²) in [5.74, 6) is 0.00758. The van der Waals surface area contributed by atoms with Crippen molar-refractivity contribution in [3.8, 4) is 0 Å². The van der Waals surface area contributed by atoms with E-state index in [0.717, 1.165) is 43.5 Å². The maximum absolute atomic E-state index is 12.2. The summed E-state index contributed by atoms with van der Waals surface area (Å²) in [6.45, 7) is 3.08. The van der Waals surface area contributed by atoms with Gasteiger partial charge in [0.05, 0.1) is 18.2 Å². The van der Waals surface area contributed by atoms with Crippen molar-refractivity contribution in [2.24, 2.45) is 0 Å². The number of carbonyl (C=O) groups excluding carboxylic acids is 1. The van der Waals surface area contributed by atoms with Gasteiger partial charge in [-0.1, -0.05) is 6.92 Å². The highest BCUT2D eigenvalue weighted by Gasteiger charge is 2.41. The van der Waals surface area contributed by atoms with Crippen molar-refractivity contribution in [2.45, 2.75) is 50.9 Å². The smallest absolute Gasteiger partial charge is 0.251 e. The zero-order chi connectivity index (χ0) is 13.9. The minimum absolute atomic E-state index is 0.00758. The molecule has 2 aliphatic heterocycles. The van der Waals surface area contributed by atoms with Gasteiger partial charge >= 0.3 is 0 Å². The van der Waals surface area contributed by atoms with Crippen LogP contribution in [0.25, 0.3) is 0 Å². The monoisotopic (exact) mass is 274 g/mol. The Balaban J connectivity index is 1.57. The molecular formula is C16H22N2O2. The van der Waals surface area contributed by atoms with Gasteiger partial charge in [0.25, 0.3) is 5.91 Å². The summed E-state index contributed by atoms with van der Waals surface area (Å²) in [6, 6.07) is 7.87. The molecule has 0 aliphatic carbocycles. The van der Waals surface area contributed by atoms with Crippen LogP contribution < -0.4 is 10.6 Å². The molecular weight excluding hydrogens is 252 g/mol. The summed E-state index contributed by atoms with van der Waals surface area (Å²) < 4.78 is 5.76. The summed E-state index contributed by atoms with van der Waals surface area (Å²) in [5.41, 5.74) is 1.78. The predicted octanol–water partition coefficient (Wildman–Crippen LogP) is 2.56. The maximum Gasteiger partial charge on any atom is 0.251 e. The minimum atomic E-state index is 0.00758. The van der Waals surface area contributed by atoms with Crippen LogP contribution in [0.5, 0.6) is 0 Å². The van der Waals surface area contributed by atoms with E-state index in [4.69, 9.17) is 4.74 Å². The van der Waals surface area contributed by atoms with Gasteiger partial charge in [-0.3, -0.25) is 4.79 Å². The van der Waals surface area contributed by atoms with E-state index in [-0.39, 0.29) is 18.1 Å². The van der Waals surface area contributed by atoms with E-state index in [1.165, 1.54) is 0 Å². The fourth-order valence-corrected chi connectivity index (χ4v) is 3.05. The Morgan fingerprint density at radius 1 is 1.30 bits per heavy atom. The first-order valence-electron chi connectivity index (χ1n) is 7.56. The topological polar surface area (TPSA) is 50.4 Å². The standard InChI is InChI=1S/C16H22N2O2/c1-2-9-17-12-5-3-11(4-6-12)16(19)18-14-10-13-7-8-15(14)20-13/h3-6,13-15,17H,2,7-10H2,1H3,(H,18,19). The minimum Gasteiger partial charge on any atom is -0.385 e. The predicted molar refractivity (Wildman–Crippen MR) is 79.0 cm³/mol. The summed E-state index contributed by atoms with van der Waals surface area (Å²) in [6.07, 6.45) is 4.88. The van der Waals surface area contributed by atoms with E-state index in [9.17, 15) is 4.79 Å². The average Bonchev–Trinajstić information content (AvgIpc) is 3.08. The number of amides is 1. The first kappa shape index (κ1) is 13.4. The Labute approximate surface area is 119 Å². The molecule has 1 amide bonds. The van der Waals surface area contributed by atoms with E-state index in [1.54, 1.807) is 0 Å². The largest absolute Gasteiger partial charge is 0.385 e. The van der Waals surface area contributed by atoms with Gasteiger partial charge in [-0.15, -0.1) is 0 Å². The molecule has 2 saturated heterocycles. The molecule has 3 unspecified atom stereocenters. The van der Waals surface area contributed by atoms with E-state index >= 15 is 0 Å². The third kappa shape index (κ3) is 2.80. The molecule has 3 atom stereocenters. The number of hydrogen-bond donors (Lipinski definition) is 2. The first-order chi connectivity index (χ1) is 9.76. The zero-order valence-electron chi connectivity index (χ0n) is 11.9. The van der Waals surface area contributed by atoms with Gasteiger partial charge < -0.3 is 15.4 Å². The molecule has 2 bridgehead atoms. The summed E-state index contributed by atoms with van der Waals surface area (Å²) in [4.78, 5) is 12.2. The Hall–Kier alpha value is -1.55. The molecule has 108 valence electrons. The van der Waals surface area contributed by atoms with Crippen molar-refractivity contribution >= 4 is 11.6 Å². The van der Waals surface area contributed by atoms with Crippen molar-refractivity contribution in [2.75, 3.05) is 11.9 Å². The number of rotatable bonds is 5. The Kier molecular flexibility index (Phi) is 3.92. The zero-order valence-corrected chi connectivity index (χ0v) is 11.9. The highest BCUT2D eigenvalue weighted by molar-refractivity contribution is 5.94. The fourth-order valence-electron chi connectivity index (χ4n) is 3.05. The first-order valence-corrected chi connectivity index (χ1v) is 7.56. The van der Waals surface area contributed by atoms with E-state index in [0.29, 0.717) is 6.10 Å². The van der Waals surface area contributed by atoms with E-state index < -0.39 is 0 Å². The molecule has 2 aliphatic rings. The van der Waals surface area contributed by atoms with Crippen LogP contribution in [0.4, 0.5) is 5.69 Å². The molecule has 3 rings (SSSR count). The van der Waals surface area contributed by atoms with E-state index in [2.05, 4.69) is 17.6 Å². The van der Waals surface area contributed by atoms with Gasteiger partial charge in [0, 0.05) is 17.8 Å². The lowest BCUT2D eigenvalue weighted by molar-refractivity contribution is 0.0841. The van der Waals surface area contributed by atoms with Gasteiger partial charge in [-0.05, 0) is 49.9 Å². The lowest BCUT2D eigenvalue weighted by Crippen LogP contribution is -2.41. The van der Waals surface area contributed by atoms with Crippen molar-refractivity contribution in [1.29, 1.82) is 0 Å². The lowest BCUT2D eigenvalue weighted by atomic mass is 9.95. The molecule has 4 nitrogen and oxygen atoms in total. The fraction of sp³-hybridized carbons (Fsp3) is 0.562. The molecule has 20 heavy (non-hydrogen) atoms. The van der Waals surface area contributed by atoms with Crippen LogP contribution in [-0.4, -0.2) is 30.7 Å². The molecule has 1 aromatic carbocycles. The quantitative estimate of drug-likeness (QED) is 0.867. The number of hydrogen-bond acceptors (Lipinski definition) is 3. The van der Waals surface area contributed by atoms with Crippen LogP contribution in [0.15, 0.2) is 24.3 Å². The second-order valence-corrected chi connectivity index (χ2v) is 5.69. The van der Waals surface area contributed by atoms with Gasteiger partial charge in [-0.2, -0.15) is 0 Å². The lowest BCUT2D eigenvalue weighted by Gasteiger charge is -2.20. The molecule has 0 aromatic heterocycles. The normalized spacial score (nSPS) is 27.6. The number of benzene rings is 1. The Morgan fingerprint density at radius 3 is 2.70 bits per heavy atom. The maximum atomic E-state index is 12.2. The molecule has 0 saturated carbocycles. The molecule has 2 fully saturated rings. The van der Waals surface area contributed by atoms with Crippen molar-refractivity contribution in [3.63, 3.8) is 0 Å². The number of nitrogens with one attached hydrogen (secondary N) is 2. The van der Waals surface area contributed by atoms with Crippen LogP contribution in [0, 0.1) is 0 Å². The SMILES string of the molecule is CCCNc1ccc(C(=O)NC2CC3CCC2O3)cc1. The van der Waals surface area contributed by atoms with Crippen LogP contribution >= 0.6 is 0 Å². The Morgan fingerprint density at radius 2 is 2.10 bits per heavy atom. The molecule has 0 spiro atoms. The molecule has 2 heterocycles. The average molecular weight is 274 g/mol. The second kappa shape index (κ2) is 5.83.